The van der Waals surface area contributed by atoms with Gasteiger partial charge in [-0.15, -0.1) is 6.42 Å². The number of rotatable bonds is 5. The average molecular weight is 339 g/mol. The molecule has 6 heteroatoms. The van der Waals surface area contributed by atoms with Gasteiger partial charge in [0.25, 0.3) is 11.8 Å². The van der Waals surface area contributed by atoms with Crippen molar-refractivity contribution in [2.24, 2.45) is 5.92 Å². The van der Waals surface area contributed by atoms with Gasteiger partial charge in [0.15, 0.2) is 0 Å². The van der Waals surface area contributed by atoms with E-state index >= 15 is 0 Å². The maximum atomic E-state index is 12.3. The SMILES string of the molecule is C#CCN1CCC(C(=O)NCCN2C(=O)c3ccccc3C2=O)CC1. The Labute approximate surface area is 147 Å². The molecule has 0 unspecified atom stereocenters. The average Bonchev–Trinajstić information content (AvgIpc) is 2.88. The number of nitrogens with one attached hydrogen (secondary N) is 1. The van der Waals surface area contributed by atoms with Gasteiger partial charge in [-0.1, -0.05) is 18.1 Å². The Kier molecular flexibility index (Phi) is 5.15. The van der Waals surface area contributed by atoms with Crippen LogP contribution in [0.25, 0.3) is 0 Å². The van der Waals surface area contributed by atoms with Crippen molar-refractivity contribution in [3.63, 3.8) is 0 Å². The summed E-state index contributed by atoms with van der Waals surface area (Å²) in [5, 5.41) is 2.85. The summed E-state index contributed by atoms with van der Waals surface area (Å²) in [6.07, 6.45) is 6.86. The van der Waals surface area contributed by atoms with Gasteiger partial charge in [-0.3, -0.25) is 24.2 Å². The van der Waals surface area contributed by atoms with Gasteiger partial charge in [0.05, 0.1) is 17.7 Å². The predicted octanol–water partition coefficient (Wildman–Crippen LogP) is 0.744. The minimum absolute atomic E-state index is 0.0167. The second-order valence-electron chi connectivity index (χ2n) is 6.35. The zero-order valence-corrected chi connectivity index (χ0v) is 14.0. The molecule has 0 bridgehead atoms. The number of hydrogen-bond donors (Lipinski definition) is 1. The van der Waals surface area contributed by atoms with Crippen LogP contribution in [0.1, 0.15) is 33.6 Å². The Morgan fingerprint density at radius 1 is 1.16 bits per heavy atom. The molecule has 25 heavy (non-hydrogen) atoms. The van der Waals surface area contributed by atoms with Crippen LogP contribution in [0.3, 0.4) is 0 Å². The van der Waals surface area contributed by atoms with Crippen molar-refractivity contribution in [3.8, 4) is 12.3 Å². The molecule has 1 aromatic carbocycles. The van der Waals surface area contributed by atoms with E-state index in [4.69, 9.17) is 6.42 Å². The van der Waals surface area contributed by atoms with Crippen molar-refractivity contribution in [1.82, 2.24) is 15.1 Å². The van der Waals surface area contributed by atoms with E-state index in [2.05, 4.69) is 16.1 Å². The van der Waals surface area contributed by atoms with Gasteiger partial charge in [0.1, 0.15) is 0 Å². The minimum atomic E-state index is -0.294. The number of likely N-dealkylation sites (tertiary alicyclic amines) is 1. The first-order valence-electron chi connectivity index (χ1n) is 8.50. The summed E-state index contributed by atoms with van der Waals surface area (Å²) in [5.41, 5.74) is 0.861. The van der Waals surface area contributed by atoms with E-state index in [0.29, 0.717) is 17.7 Å². The highest BCUT2D eigenvalue weighted by atomic mass is 16.2. The van der Waals surface area contributed by atoms with Crippen LogP contribution in [0.5, 0.6) is 0 Å². The quantitative estimate of drug-likeness (QED) is 0.635. The fourth-order valence-corrected chi connectivity index (χ4v) is 3.36. The van der Waals surface area contributed by atoms with E-state index in [-0.39, 0.29) is 36.7 Å². The first-order chi connectivity index (χ1) is 12.1. The summed E-state index contributed by atoms with van der Waals surface area (Å²) in [5.74, 6) is 1.98. The monoisotopic (exact) mass is 339 g/mol. The third-order valence-electron chi connectivity index (χ3n) is 4.79. The number of carbonyl (C=O) groups excluding carboxylic acids is 3. The number of imide groups is 1. The van der Waals surface area contributed by atoms with Crippen molar-refractivity contribution in [3.05, 3.63) is 35.4 Å². The lowest BCUT2D eigenvalue weighted by molar-refractivity contribution is -0.126. The molecular weight excluding hydrogens is 318 g/mol. The highest BCUT2D eigenvalue weighted by Crippen LogP contribution is 2.22. The van der Waals surface area contributed by atoms with E-state index in [1.165, 1.54) is 4.90 Å². The van der Waals surface area contributed by atoms with Crippen molar-refractivity contribution >= 4 is 17.7 Å². The van der Waals surface area contributed by atoms with Crippen LogP contribution in [0.2, 0.25) is 0 Å². The molecule has 0 spiro atoms. The van der Waals surface area contributed by atoms with Crippen LogP contribution in [-0.2, 0) is 4.79 Å². The largest absolute Gasteiger partial charge is 0.354 e. The lowest BCUT2D eigenvalue weighted by Gasteiger charge is -2.29. The molecule has 0 radical (unpaired) electrons. The van der Waals surface area contributed by atoms with Crippen LogP contribution >= 0.6 is 0 Å². The number of amides is 3. The van der Waals surface area contributed by atoms with Gasteiger partial charge in [0, 0.05) is 19.0 Å². The number of terminal acetylenes is 1. The lowest BCUT2D eigenvalue weighted by atomic mass is 9.96. The zero-order valence-electron chi connectivity index (χ0n) is 14.0. The highest BCUT2D eigenvalue weighted by Gasteiger charge is 2.34. The maximum absolute atomic E-state index is 12.3. The van der Waals surface area contributed by atoms with Crippen LogP contribution in [0, 0.1) is 18.3 Å². The molecule has 0 saturated carbocycles. The molecule has 2 heterocycles. The fraction of sp³-hybridized carbons (Fsp3) is 0.421. The van der Waals surface area contributed by atoms with Gasteiger partial charge < -0.3 is 5.32 Å². The molecule has 1 aromatic rings. The molecule has 6 nitrogen and oxygen atoms in total. The third kappa shape index (κ3) is 3.57. The van der Waals surface area contributed by atoms with Crippen LogP contribution in [-0.4, -0.2) is 60.2 Å². The van der Waals surface area contributed by atoms with Crippen molar-refractivity contribution < 1.29 is 14.4 Å². The minimum Gasteiger partial charge on any atom is -0.354 e. The van der Waals surface area contributed by atoms with Crippen LogP contribution < -0.4 is 5.32 Å². The lowest BCUT2D eigenvalue weighted by Crippen LogP contribution is -2.43. The molecule has 3 rings (SSSR count). The van der Waals surface area contributed by atoms with E-state index < -0.39 is 0 Å². The molecule has 2 aliphatic rings. The van der Waals surface area contributed by atoms with Crippen molar-refractivity contribution in [1.29, 1.82) is 0 Å². The first-order valence-corrected chi connectivity index (χ1v) is 8.50. The maximum Gasteiger partial charge on any atom is 0.261 e. The number of carbonyl (C=O) groups is 3. The van der Waals surface area contributed by atoms with Gasteiger partial charge >= 0.3 is 0 Å². The Balaban J connectivity index is 1.46. The second-order valence-corrected chi connectivity index (χ2v) is 6.35. The molecule has 0 aromatic heterocycles. The van der Waals surface area contributed by atoms with Crippen LogP contribution in [0.15, 0.2) is 24.3 Å². The fourth-order valence-electron chi connectivity index (χ4n) is 3.36. The van der Waals surface area contributed by atoms with Crippen molar-refractivity contribution in [2.75, 3.05) is 32.7 Å². The molecule has 1 N–H and O–H groups in total. The van der Waals surface area contributed by atoms with Crippen LogP contribution in [0.4, 0.5) is 0 Å². The molecule has 0 atom stereocenters. The highest BCUT2D eigenvalue weighted by molar-refractivity contribution is 6.21. The molecule has 2 aliphatic heterocycles. The molecule has 130 valence electrons. The van der Waals surface area contributed by atoms with Gasteiger partial charge in [-0.05, 0) is 38.1 Å². The Bertz CT molecular complexity index is 695. The summed E-state index contributed by atoms with van der Waals surface area (Å²) < 4.78 is 0. The molecule has 1 saturated heterocycles. The number of hydrogen-bond acceptors (Lipinski definition) is 4. The predicted molar refractivity (Wildman–Crippen MR) is 92.8 cm³/mol. The van der Waals surface area contributed by atoms with E-state index in [9.17, 15) is 14.4 Å². The van der Waals surface area contributed by atoms with E-state index in [1.807, 2.05) is 0 Å². The number of benzene rings is 1. The van der Waals surface area contributed by atoms with Gasteiger partial charge in [0.2, 0.25) is 5.91 Å². The summed E-state index contributed by atoms with van der Waals surface area (Å²) in [6.45, 7) is 2.72. The number of nitrogens with zero attached hydrogens (tertiary/aromatic N) is 2. The zero-order chi connectivity index (χ0) is 17.8. The standard InChI is InChI=1S/C19H21N3O3/c1-2-10-21-11-7-14(8-12-21)17(23)20-9-13-22-18(24)15-5-3-4-6-16(15)19(22)25/h1,3-6,14H,7-13H2,(H,20,23). The summed E-state index contributed by atoms with van der Waals surface area (Å²) in [4.78, 5) is 40.1. The third-order valence-corrected chi connectivity index (χ3v) is 4.79. The molecule has 1 fully saturated rings. The van der Waals surface area contributed by atoms with Gasteiger partial charge in [-0.25, -0.2) is 0 Å². The Morgan fingerprint density at radius 2 is 1.76 bits per heavy atom. The summed E-state index contributed by atoms with van der Waals surface area (Å²) >= 11 is 0. The van der Waals surface area contributed by atoms with Crippen molar-refractivity contribution in [2.45, 2.75) is 12.8 Å². The number of piperidine rings is 1. The normalized spacial score (nSPS) is 18.1. The molecule has 3 amide bonds. The Hall–Kier alpha value is -2.65. The molecular formula is C19H21N3O3. The van der Waals surface area contributed by atoms with E-state index in [0.717, 1.165) is 25.9 Å². The summed E-state index contributed by atoms with van der Waals surface area (Å²) in [6, 6.07) is 6.78. The Morgan fingerprint density at radius 3 is 2.32 bits per heavy atom. The summed E-state index contributed by atoms with van der Waals surface area (Å²) in [7, 11) is 0. The van der Waals surface area contributed by atoms with Gasteiger partial charge in [-0.2, -0.15) is 0 Å². The topological polar surface area (TPSA) is 69.7 Å². The molecule has 0 aliphatic carbocycles. The second kappa shape index (κ2) is 7.49. The first kappa shape index (κ1) is 17.2. The smallest absolute Gasteiger partial charge is 0.261 e. The van der Waals surface area contributed by atoms with E-state index in [1.54, 1.807) is 24.3 Å². The number of fused-ring (bicyclic) bond motifs is 1.